The van der Waals surface area contributed by atoms with Crippen LogP contribution >= 0.6 is 0 Å². The Hall–Kier alpha value is -7.23. The number of ether oxygens (including phenoxy) is 17. The summed E-state index contributed by atoms with van der Waals surface area (Å²) < 4.78 is 95.5. The van der Waals surface area contributed by atoms with Gasteiger partial charge < -0.3 is 147 Å². The van der Waals surface area contributed by atoms with Gasteiger partial charge in [-0.1, -0.05) is 0 Å². The molecule has 3 aromatic rings. The molecule has 4 aliphatic rings. The van der Waals surface area contributed by atoms with E-state index in [2.05, 4.69) is 0 Å². The number of aliphatic hydroxyl groups excluding tert-OH is 11. The van der Waals surface area contributed by atoms with E-state index in [-0.39, 0.29) is 68.4 Å². The topological polar surface area (TPSA) is 471 Å². The average molecular weight is 1300 g/mol. The van der Waals surface area contributed by atoms with Crippen molar-refractivity contribution in [2.75, 3.05) is 82.8 Å². The van der Waals surface area contributed by atoms with E-state index in [1.165, 1.54) is 104 Å². The molecule has 0 saturated carbocycles. The zero-order valence-corrected chi connectivity index (χ0v) is 49.8. The van der Waals surface area contributed by atoms with Crippen LogP contribution in [0.3, 0.4) is 0 Å². The number of esters is 3. The summed E-state index contributed by atoms with van der Waals surface area (Å²) in [6.45, 7) is -5.44. The maximum atomic E-state index is 14.2. The van der Waals surface area contributed by atoms with Crippen molar-refractivity contribution < 1.29 is 161 Å². The van der Waals surface area contributed by atoms with Crippen LogP contribution < -0.4 is 33.2 Å². The van der Waals surface area contributed by atoms with E-state index < -0.39 is 167 Å². The molecule has 0 amide bonds. The number of phenolic OH excluding ortho intramolecular Hbond substituents is 2. The molecule has 3 aromatic carbocycles. The lowest BCUT2D eigenvalue weighted by molar-refractivity contribution is -0.412. The summed E-state index contributed by atoms with van der Waals surface area (Å²) in [5.41, 5.74) is 0.753. The minimum atomic E-state index is -2.94. The van der Waals surface area contributed by atoms with Crippen molar-refractivity contribution in [3.8, 4) is 51.7 Å². The molecular weight excluding hydrogens is 1220 g/mol. The molecule has 4 saturated heterocycles. The highest BCUT2D eigenvalue weighted by molar-refractivity contribution is 5.89. The first-order valence-corrected chi connectivity index (χ1v) is 27.7. The normalized spacial score (nSPS) is 31.7. The van der Waals surface area contributed by atoms with Gasteiger partial charge in [-0.15, -0.1) is 0 Å². The van der Waals surface area contributed by atoms with Gasteiger partial charge in [0, 0.05) is 18.2 Å². The number of aliphatic hydroxyl groups is 11. The lowest BCUT2D eigenvalue weighted by atomic mass is 9.96. The van der Waals surface area contributed by atoms with Crippen LogP contribution in [-0.2, 0) is 61.8 Å². The van der Waals surface area contributed by atoms with Crippen LogP contribution in [-0.4, -0.2) is 283 Å². The lowest BCUT2D eigenvalue weighted by Crippen LogP contribution is -2.67. The van der Waals surface area contributed by atoms with Crippen LogP contribution in [0.15, 0.2) is 54.6 Å². The van der Waals surface area contributed by atoms with E-state index in [1.54, 1.807) is 0 Å². The molecule has 91 heavy (non-hydrogen) atoms. The van der Waals surface area contributed by atoms with E-state index in [0.29, 0.717) is 0 Å². The zero-order valence-electron chi connectivity index (χ0n) is 49.8. The Balaban J connectivity index is 1.25. The van der Waals surface area contributed by atoms with Gasteiger partial charge in [-0.05, 0) is 71.3 Å². The standard InChI is InChI=1S/C58H74O33/c1-75-28-14-25(15-29(76-2)41(28)66)8-11-38(63)82-23-37-44(69)46(71)53(89-56-49(74)47(72)51(35(21-60)84-56)88-55-48(73)45(70)43(68)34(20-59)83-55)57(85-37)91-58(24-62)54(87-40(65)13-10-27-18-32(79-5)50(81-7)33(19-27)80-6)52(36(22-61)90-58)86-39(64)12-9-26-16-30(77-3)42(67)31(17-26)78-4/h8-19,34-37,43-49,51-57,59-62,66-74H,20-24H2,1-7H3/t34-,35-,36-,37-,43-,44-,45+,46+,47-,48-,49-,51-,52-,53-,54+,55+,56+,57-,58+/m1/s1. The maximum Gasteiger partial charge on any atom is 0.331 e. The third-order valence-corrected chi connectivity index (χ3v) is 14.9. The quantitative estimate of drug-likeness (QED) is 0.0200. The van der Waals surface area contributed by atoms with Crippen molar-refractivity contribution in [1.82, 2.24) is 0 Å². The summed E-state index contributed by atoms with van der Waals surface area (Å²) in [5.74, 6) is -6.84. The summed E-state index contributed by atoms with van der Waals surface area (Å²) in [6, 6.07) is 8.28. The Labute approximate surface area is 518 Å². The third kappa shape index (κ3) is 16.0. The number of phenols is 2. The number of rotatable bonds is 27. The van der Waals surface area contributed by atoms with Crippen LogP contribution in [0.4, 0.5) is 0 Å². The second-order valence-electron chi connectivity index (χ2n) is 20.5. The zero-order chi connectivity index (χ0) is 66.6. The van der Waals surface area contributed by atoms with E-state index >= 15 is 0 Å². The van der Waals surface area contributed by atoms with Crippen LogP contribution in [0.1, 0.15) is 16.7 Å². The highest BCUT2D eigenvalue weighted by Gasteiger charge is 2.64. The van der Waals surface area contributed by atoms with Gasteiger partial charge in [0.1, 0.15) is 92.6 Å². The van der Waals surface area contributed by atoms with Gasteiger partial charge in [-0.25, -0.2) is 14.4 Å². The van der Waals surface area contributed by atoms with Crippen molar-refractivity contribution in [2.24, 2.45) is 0 Å². The number of hydrogen-bond donors (Lipinski definition) is 13. The largest absolute Gasteiger partial charge is 0.502 e. The van der Waals surface area contributed by atoms with Crippen LogP contribution in [0.25, 0.3) is 18.2 Å². The number of methoxy groups -OCH3 is 7. The molecular formula is C58H74O33. The first kappa shape index (κ1) is 71.2. The van der Waals surface area contributed by atoms with Gasteiger partial charge >= 0.3 is 17.9 Å². The molecule has 504 valence electrons. The Morgan fingerprint density at radius 2 is 0.857 bits per heavy atom. The monoisotopic (exact) mass is 1300 g/mol. The van der Waals surface area contributed by atoms with Gasteiger partial charge in [-0.3, -0.25) is 0 Å². The fraction of sp³-hybridized carbons (Fsp3) is 0.534. The van der Waals surface area contributed by atoms with Crippen molar-refractivity contribution in [3.63, 3.8) is 0 Å². The van der Waals surface area contributed by atoms with Crippen LogP contribution in [0, 0.1) is 0 Å². The summed E-state index contributed by atoms with van der Waals surface area (Å²) in [7, 11) is 9.12. The number of benzene rings is 3. The Morgan fingerprint density at radius 3 is 1.32 bits per heavy atom. The van der Waals surface area contributed by atoms with Gasteiger partial charge in [0.25, 0.3) is 0 Å². The number of carbonyl (C=O) groups is 3. The molecule has 0 spiro atoms. The first-order chi connectivity index (χ1) is 43.5. The fourth-order valence-electron chi connectivity index (χ4n) is 10.1. The minimum absolute atomic E-state index is 0.0207. The summed E-state index contributed by atoms with van der Waals surface area (Å²) >= 11 is 0. The van der Waals surface area contributed by atoms with Crippen LogP contribution in [0.5, 0.6) is 51.7 Å². The van der Waals surface area contributed by atoms with E-state index in [1.807, 2.05) is 0 Å². The van der Waals surface area contributed by atoms with Crippen molar-refractivity contribution in [3.05, 3.63) is 71.3 Å². The van der Waals surface area contributed by atoms with E-state index in [4.69, 9.17) is 80.5 Å². The molecule has 4 heterocycles. The van der Waals surface area contributed by atoms with Crippen molar-refractivity contribution in [2.45, 2.75) is 116 Å². The molecule has 4 fully saturated rings. The molecule has 0 radical (unpaired) electrons. The van der Waals surface area contributed by atoms with E-state index in [9.17, 15) is 80.8 Å². The molecule has 33 heteroatoms. The molecule has 0 aromatic heterocycles. The molecule has 13 N–H and O–H groups in total. The van der Waals surface area contributed by atoms with Crippen molar-refractivity contribution in [1.29, 1.82) is 0 Å². The summed E-state index contributed by atoms with van der Waals surface area (Å²) in [6.07, 6.45) is -30.4. The Kier molecular flexibility index (Phi) is 24.9. The third-order valence-electron chi connectivity index (χ3n) is 14.9. The predicted octanol–water partition coefficient (Wildman–Crippen LogP) is -3.48. The fourth-order valence-corrected chi connectivity index (χ4v) is 10.1. The molecule has 7 rings (SSSR count). The second kappa shape index (κ2) is 31.9. The smallest absolute Gasteiger partial charge is 0.331 e. The molecule has 0 bridgehead atoms. The van der Waals surface area contributed by atoms with Crippen molar-refractivity contribution >= 4 is 36.1 Å². The number of hydrogen-bond acceptors (Lipinski definition) is 33. The number of carbonyl (C=O) groups excluding carboxylic acids is 3. The summed E-state index contributed by atoms with van der Waals surface area (Å²) in [4.78, 5) is 41.4. The summed E-state index contributed by atoms with van der Waals surface area (Å²) in [5, 5.41) is 142. The first-order valence-electron chi connectivity index (χ1n) is 27.7. The molecule has 19 atom stereocenters. The molecule has 4 aliphatic heterocycles. The SMILES string of the molecule is COc1cc(C=CC(=O)OC[C@H]2O[C@H](O[C@]3(CO)O[C@H](CO)[C@@H](OC(=O)C=Cc4cc(OC)c(O)c(OC)c4)[C@@H]3OC(=O)C=Cc3cc(OC)c(OC)c(OC)c3)[C@H](O[C@@H]3O[C@H](CO)[C@@H](O[C@@H]4O[C@H](CO)[C@@H](O)[C@H](O)[C@H]4O)[C@H](O)[C@H]3O)[C@@H](O)[C@@H]2O)cc(OC)c1O. The number of aromatic hydroxyl groups is 2. The second-order valence-corrected chi connectivity index (χ2v) is 20.5. The Morgan fingerprint density at radius 1 is 0.451 bits per heavy atom. The predicted molar refractivity (Wildman–Crippen MR) is 301 cm³/mol. The van der Waals surface area contributed by atoms with Gasteiger partial charge in [-0.2, -0.15) is 0 Å². The molecule has 0 aliphatic carbocycles. The van der Waals surface area contributed by atoms with Gasteiger partial charge in [0.2, 0.25) is 23.0 Å². The minimum Gasteiger partial charge on any atom is -0.502 e. The van der Waals surface area contributed by atoms with Crippen LogP contribution in [0.2, 0.25) is 0 Å². The van der Waals surface area contributed by atoms with Gasteiger partial charge in [0.05, 0.1) is 69.6 Å². The van der Waals surface area contributed by atoms with E-state index in [0.717, 1.165) is 18.2 Å². The Bertz CT molecular complexity index is 2950. The van der Waals surface area contributed by atoms with Gasteiger partial charge in [0.15, 0.2) is 65.6 Å². The highest BCUT2D eigenvalue weighted by atomic mass is 16.8. The maximum absolute atomic E-state index is 14.2. The lowest BCUT2D eigenvalue weighted by Gasteiger charge is -2.49. The highest BCUT2D eigenvalue weighted by Crippen LogP contribution is 2.44. The molecule has 0 unspecified atom stereocenters. The molecule has 33 nitrogen and oxygen atoms in total. The average Bonchev–Trinajstić information content (AvgIpc) is 1.73.